The van der Waals surface area contributed by atoms with E-state index in [9.17, 15) is 5.11 Å². The monoisotopic (exact) mass is 289 g/mol. The molecule has 0 spiro atoms. The average molecular weight is 290 g/mol. The van der Waals surface area contributed by atoms with Crippen molar-refractivity contribution in [3.05, 3.63) is 52.5 Å². The van der Waals surface area contributed by atoms with Gasteiger partial charge < -0.3 is 9.84 Å². The molecule has 20 heavy (non-hydrogen) atoms. The van der Waals surface area contributed by atoms with Crippen molar-refractivity contribution in [3.63, 3.8) is 0 Å². The molecule has 1 N–H and O–H groups in total. The summed E-state index contributed by atoms with van der Waals surface area (Å²) < 4.78 is 5.33. The van der Waals surface area contributed by atoms with Gasteiger partial charge in [-0.05, 0) is 43.7 Å². The van der Waals surface area contributed by atoms with Crippen LogP contribution in [0.5, 0.6) is 11.5 Å². The predicted octanol–water partition coefficient (Wildman–Crippen LogP) is 4.50. The summed E-state index contributed by atoms with van der Waals surface area (Å²) in [5, 5.41) is 10.0. The third-order valence-corrected chi connectivity index (χ3v) is 3.04. The van der Waals surface area contributed by atoms with E-state index >= 15 is 0 Å². The van der Waals surface area contributed by atoms with Crippen LogP contribution in [-0.2, 0) is 0 Å². The van der Waals surface area contributed by atoms with Gasteiger partial charge >= 0.3 is 0 Å². The second-order valence-electron chi connectivity index (χ2n) is 4.38. The van der Waals surface area contributed by atoms with Crippen LogP contribution in [0.4, 0.5) is 5.69 Å². The van der Waals surface area contributed by atoms with Gasteiger partial charge in [0.1, 0.15) is 0 Å². The molecule has 0 unspecified atom stereocenters. The standard InChI is InChI=1S/C16H16ClNO2/c1-3-20-15-9-12(8-14(17)16(15)19)10-18-13-6-4-11(2)5-7-13/h4-10,19H,3H2,1-2H3. The third kappa shape index (κ3) is 3.52. The highest BCUT2D eigenvalue weighted by Gasteiger charge is 2.08. The van der Waals surface area contributed by atoms with Crippen molar-refractivity contribution >= 4 is 23.5 Å². The molecule has 0 amide bonds. The van der Waals surface area contributed by atoms with Crippen molar-refractivity contribution in [1.82, 2.24) is 0 Å². The number of hydrogen-bond acceptors (Lipinski definition) is 3. The normalized spacial score (nSPS) is 10.9. The minimum absolute atomic E-state index is 0.0407. The molecule has 0 aromatic heterocycles. The highest BCUT2D eigenvalue weighted by atomic mass is 35.5. The first-order chi connectivity index (χ1) is 9.60. The van der Waals surface area contributed by atoms with E-state index in [1.165, 1.54) is 5.56 Å². The smallest absolute Gasteiger partial charge is 0.176 e. The fraction of sp³-hybridized carbons (Fsp3) is 0.188. The maximum atomic E-state index is 9.77. The molecular formula is C16H16ClNO2. The van der Waals surface area contributed by atoms with Gasteiger partial charge in [0.25, 0.3) is 0 Å². The van der Waals surface area contributed by atoms with Crippen molar-refractivity contribution in [3.8, 4) is 11.5 Å². The zero-order chi connectivity index (χ0) is 14.5. The van der Waals surface area contributed by atoms with Gasteiger partial charge in [-0.15, -0.1) is 0 Å². The highest BCUT2D eigenvalue weighted by Crippen LogP contribution is 2.34. The van der Waals surface area contributed by atoms with Crippen LogP contribution in [0.15, 0.2) is 41.4 Å². The number of ether oxygens (including phenoxy) is 1. The Bertz CT molecular complexity index is 621. The Kier molecular flexibility index (Phi) is 4.64. The van der Waals surface area contributed by atoms with E-state index in [-0.39, 0.29) is 10.8 Å². The Morgan fingerprint density at radius 2 is 1.95 bits per heavy atom. The lowest BCUT2D eigenvalue weighted by atomic mass is 10.2. The summed E-state index contributed by atoms with van der Waals surface area (Å²) in [4.78, 5) is 4.37. The van der Waals surface area contributed by atoms with Gasteiger partial charge in [0, 0.05) is 6.21 Å². The van der Waals surface area contributed by atoms with Crippen molar-refractivity contribution in [1.29, 1.82) is 0 Å². The lowest BCUT2D eigenvalue weighted by Crippen LogP contribution is -1.93. The molecule has 0 saturated carbocycles. The molecule has 0 saturated heterocycles. The maximum Gasteiger partial charge on any atom is 0.176 e. The Morgan fingerprint density at radius 3 is 2.60 bits per heavy atom. The van der Waals surface area contributed by atoms with E-state index in [4.69, 9.17) is 16.3 Å². The molecule has 0 aliphatic carbocycles. The van der Waals surface area contributed by atoms with E-state index < -0.39 is 0 Å². The quantitative estimate of drug-likeness (QED) is 0.842. The lowest BCUT2D eigenvalue weighted by molar-refractivity contribution is 0.318. The Hall–Kier alpha value is -2.00. The van der Waals surface area contributed by atoms with E-state index in [2.05, 4.69) is 4.99 Å². The van der Waals surface area contributed by atoms with Crippen molar-refractivity contribution in [2.45, 2.75) is 13.8 Å². The zero-order valence-corrected chi connectivity index (χ0v) is 12.2. The number of nitrogens with zero attached hydrogens (tertiary/aromatic N) is 1. The molecule has 0 aliphatic heterocycles. The average Bonchev–Trinajstić information content (AvgIpc) is 2.44. The largest absolute Gasteiger partial charge is 0.503 e. The predicted molar refractivity (Wildman–Crippen MR) is 82.7 cm³/mol. The minimum atomic E-state index is -0.0407. The molecule has 3 nitrogen and oxygen atoms in total. The Balaban J connectivity index is 2.26. The fourth-order valence-electron chi connectivity index (χ4n) is 1.71. The molecule has 104 valence electrons. The number of benzene rings is 2. The number of aryl methyl sites for hydroxylation is 1. The van der Waals surface area contributed by atoms with E-state index in [0.717, 1.165) is 11.3 Å². The first-order valence-corrected chi connectivity index (χ1v) is 6.74. The van der Waals surface area contributed by atoms with Gasteiger partial charge in [-0.3, -0.25) is 4.99 Å². The topological polar surface area (TPSA) is 41.8 Å². The summed E-state index contributed by atoms with van der Waals surface area (Å²) in [5.74, 6) is 0.325. The third-order valence-electron chi connectivity index (χ3n) is 2.75. The Morgan fingerprint density at radius 1 is 1.25 bits per heavy atom. The van der Waals surface area contributed by atoms with Gasteiger partial charge in [0.05, 0.1) is 17.3 Å². The molecule has 2 rings (SSSR count). The molecular weight excluding hydrogens is 274 g/mol. The molecule has 0 radical (unpaired) electrons. The first kappa shape index (κ1) is 14.4. The zero-order valence-electron chi connectivity index (χ0n) is 11.4. The Labute approximate surface area is 123 Å². The van der Waals surface area contributed by atoms with Crippen LogP contribution in [0.1, 0.15) is 18.1 Å². The molecule has 0 aliphatic rings. The molecule has 0 bridgehead atoms. The molecule has 2 aromatic rings. The number of aliphatic imine (C=N–C) groups is 1. The second-order valence-corrected chi connectivity index (χ2v) is 4.78. The van der Waals surface area contributed by atoms with Crippen LogP contribution >= 0.6 is 11.6 Å². The van der Waals surface area contributed by atoms with E-state index in [1.54, 1.807) is 18.3 Å². The summed E-state index contributed by atoms with van der Waals surface area (Å²) in [7, 11) is 0. The number of halogens is 1. The molecule has 0 atom stereocenters. The van der Waals surface area contributed by atoms with E-state index in [0.29, 0.717) is 12.4 Å². The fourth-order valence-corrected chi connectivity index (χ4v) is 1.93. The summed E-state index contributed by atoms with van der Waals surface area (Å²) in [5.41, 5.74) is 2.82. The molecule has 2 aromatic carbocycles. The van der Waals surface area contributed by atoms with Gasteiger partial charge in [0.2, 0.25) is 0 Å². The van der Waals surface area contributed by atoms with Crippen LogP contribution in [0, 0.1) is 6.92 Å². The van der Waals surface area contributed by atoms with Crippen LogP contribution in [-0.4, -0.2) is 17.9 Å². The van der Waals surface area contributed by atoms with Gasteiger partial charge in [-0.2, -0.15) is 0 Å². The van der Waals surface area contributed by atoms with Gasteiger partial charge in [-0.25, -0.2) is 0 Å². The van der Waals surface area contributed by atoms with Crippen LogP contribution in [0.3, 0.4) is 0 Å². The van der Waals surface area contributed by atoms with Crippen molar-refractivity contribution < 1.29 is 9.84 Å². The van der Waals surface area contributed by atoms with E-state index in [1.807, 2.05) is 38.1 Å². The minimum Gasteiger partial charge on any atom is -0.503 e. The molecule has 0 fully saturated rings. The second kappa shape index (κ2) is 6.44. The van der Waals surface area contributed by atoms with Crippen molar-refractivity contribution in [2.75, 3.05) is 6.61 Å². The SMILES string of the molecule is CCOc1cc(C=Nc2ccc(C)cc2)cc(Cl)c1O. The summed E-state index contributed by atoms with van der Waals surface area (Å²) in [6, 6.07) is 11.2. The summed E-state index contributed by atoms with van der Waals surface area (Å²) in [6.45, 7) is 4.34. The lowest BCUT2D eigenvalue weighted by Gasteiger charge is -2.08. The van der Waals surface area contributed by atoms with Crippen LogP contribution in [0.25, 0.3) is 0 Å². The van der Waals surface area contributed by atoms with Crippen LogP contribution < -0.4 is 4.74 Å². The molecule has 0 heterocycles. The van der Waals surface area contributed by atoms with Crippen molar-refractivity contribution in [2.24, 2.45) is 4.99 Å². The number of hydrogen-bond donors (Lipinski definition) is 1. The number of phenols is 1. The van der Waals surface area contributed by atoms with Gasteiger partial charge in [-0.1, -0.05) is 29.3 Å². The number of aromatic hydroxyl groups is 1. The van der Waals surface area contributed by atoms with Gasteiger partial charge in [0.15, 0.2) is 11.5 Å². The summed E-state index contributed by atoms with van der Waals surface area (Å²) >= 11 is 5.97. The maximum absolute atomic E-state index is 9.77. The summed E-state index contributed by atoms with van der Waals surface area (Å²) in [6.07, 6.45) is 1.69. The number of phenolic OH excluding ortho intramolecular Hbond substituents is 1. The highest BCUT2D eigenvalue weighted by molar-refractivity contribution is 6.32. The van der Waals surface area contributed by atoms with Crippen LogP contribution in [0.2, 0.25) is 5.02 Å². The molecule has 4 heteroatoms. The first-order valence-electron chi connectivity index (χ1n) is 6.36. The number of rotatable bonds is 4.